The van der Waals surface area contributed by atoms with Gasteiger partial charge in [0.05, 0.1) is 19.8 Å². The van der Waals surface area contributed by atoms with Crippen LogP contribution in [0.3, 0.4) is 0 Å². The first kappa shape index (κ1) is 25.9. The molecule has 0 saturated carbocycles. The summed E-state index contributed by atoms with van der Waals surface area (Å²) < 4.78 is 17.3. The minimum atomic E-state index is 0. The average Bonchev–Trinajstić information content (AvgIpc) is 3.28. The third-order valence-electron chi connectivity index (χ3n) is 5.48. The van der Waals surface area contributed by atoms with Gasteiger partial charge in [-0.2, -0.15) is 0 Å². The molecule has 0 unspecified atom stereocenters. The van der Waals surface area contributed by atoms with Crippen LogP contribution in [-0.2, 0) is 22.5 Å². The highest BCUT2D eigenvalue weighted by Crippen LogP contribution is 2.24. The van der Waals surface area contributed by atoms with Crippen LogP contribution in [0.5, 0.6) is 0 Å². The van der Waals surface area contributed by atoms with E-state index in [1.807, 2.05) is 36.4 Å². The lowest BCUT2D eigenvalue weighted by Crippen LogP contribution is -2.24. The number of fused-ring (bicyclic) bond motifs is 1. The number of aromatic nitrogens is 1. The van der Waals surface area contributed by atoms with Crippen molar-refractivity contribution >= 4 is 23.5 Å². The van der Waals surface area contributed by atoms with Crippen LogP contribution >= 0.6 is 12.4 Å². The number of hydrogen-bond donors (Lipinski definition) is 1. The molecule has 0 fully saturated rings. The molecule has 0 spiro atoms. The van der Waals surface area contributed by atoms with E-state index >= 15 is 0 Å². The Balaban J connectivity index is 0.00000324. The molecule has 0 bridgehead atoms. The minimum Gasteiger partial charge on any atom is -0.436 e. The van der Waals surface area contributed by atoms with Gasteiger partial charge in [0.15, 0.2) is 5.58 Å². The monoisotopic (exact) mass is 480 g/mol. The summed E-state index contributed by atoms with van der Waals surface area (Å²) in [7, 11) is 0. The molecule has 1 N–H and O–H groups in total. The number of oxazole rings is 1. The Hall–Kier alpha value is -2.70. The quantitative estimate of drug-likeness (QED) is 0.238. The predicted molar refractivity (Wildman–Crippen MR) is 140 cm³/mol. The van der Waals surface area contributed by atoms with E-state index in [0.29, 0.717) is 19.1 Å². The normalized spacial score (nSPS) is 11.0. The fourth-order valence-corrected chi connectivity index (χ4v) is 3.58. The topological polar surface area (TPSA) is 56.5 Å². The van der Waals surface area contributed by atoms with Crippen molar-refractivity contribution in [2.24, 2.45) is 0 Å². The summed E-state index contributed by atoms with van der Waals surface area (Å²) >= 11 is 0. The molecule has 0 aliphatic heterocycles. The fourth-order valence-electron chi connectivity index (χ4n) is 3.58. The molecule has 34 heavy (non-hydrogen) atoms. The zero-order valence-electron chi connectivity index (χ0n) is 19.7. The number of ether oxygens (including phenoxy) is 2. The molecule has 4 aromatic rings. The molecule has 3 aromatic carbocycles. The SMILES string of the molecule is Cc1ccc(CCCOCCNCCOCc2ccc(-c3nc4ccccc4o3)cc2)cc1.Cl. The fraction of sp³-hybridized carbons (Fsp3) is 0.321. The van der Waals surface area contributed by atoms with Crippen molar-refractivity contribution in [3.05, 3.63) is 89.5 Å². The van der Waals surface area contributed by atoms with E-state index in [1.54, 1.807) is 0 Å². The van der Waals surface area contributed by atoms with Gasteiger partial charge >= 0.3 is 0 Å². The van der Waals surface area contributed by atoms with Crippen molar-refractivity contribution < 1.29 is 13.9 Å². The number of rotatable bonds is 13. The van der Waals surface area contributed by atoms with Crippen LogP contribution < -0.4 is 5.32 Å². The van der Waals surface area contributed by atoms with Gasteiger partial charge in [-0.15, -0.1) is 12.4 Å². The Bertz CT molecular complexity index is 1080. The maximum atomic E-state index is 5.82. The van der Waals surface area contributed by atoms with Crippen LogP contribution in [-0.4, -0.2) is 37.9 Å². The van der Waals surface area contributed by atoms with Crippen molar-refractivity contribution in [3.63, 3.8) is 0 Å². The van der Waals surface area contributed by atoms with E-state index < -0.39 is 0 Å². The number of nitrogens with zero attached hydrogens (tertiary/aromatic N) is 1. The lowest BCUT2D eigenvalue weighted by atomic mass is 10.1. The molecule has 6 heteroatoms. The highest BCUT2D eigenvalue weighted by molar-refractivity contribution is 5.85. The summed E-state index contributed by atoms with van der Waals surface area (Å²) in [5.41, 5.74) is 6.46. The minimum absolute atomic E-state index is 0. The van der Waals surface area contributed by atoms with Crippen LogP contribution in [0, 0.1) is 6.92 Å². The Kier molecular flexibility index (Phi) is 10.6. The van der Waals surface area contributed by atoms with Gasteiger partial charge in [-0.1, -0.05) is 54.1 Å². The van der Waals surface area contributed by atoms with Gasteiger partial charge in [0.25, 0.3) is 0 Å². The molecule has 0 aliphatic carbocycles. The Labute approximate surface area is 207 Å². The van der Waals surface area contributed by atoms with Crippen LogP contribution in [0.15, 0.2) is 77.2 Å². The first-order valence-corrected chi connectivity index (χ1v) is 11.6. The molecule has 0 aliphatic rings. The van der Waals surface area contributed by atoms with Crippen LogP contribution in [0.1, 0.15) is 23.1 Å². The highest BCUT2D eigenvalue weighted by Gasteiger charge is 2.07. The lowest BCUT2D eigenvalue weighted by molar-refractivity contribution is 0.113. The van der Waals surface area contributed by atoms with Crippen LogP contribution in [0.2, 0.25) is 0 Å². The molecular formula is C28H33ClN2O3. The number of hydrogen-bond acceptors (Lipinski definition) is 5. The maximum absolute atomic E-state index is 5.82. The van der Waals surface area contributed by atoms with Crippen molar-refractivity contribution in [1.29, 1.82) is 0 Å². The van der Waals surface area contributed by atoms with Crippen molar-refractivity contribution in [3.8, 4) is 11.5 Å². The van der Waals surface area contributed by atoms with E-state index in [1.165, 1.54) is 11.1 Å². The number of halogens is 1. The smallest absolute Gasteiger partial charge is 0.227 e. The molecule has 180 valence electrons. The standard InChI is InChI=1S/C28H32N2O3.ClH/c1-22-8-10-23(11-9-22)5-4-18-31-19-16-29-17-20-32-21-24-12-14-25(15-13-24)28-30-26-6-2-3-7-27(26)33-28;/h2-3,6-15,29H,4-5,16-21H2,1H3;1H. The van der Waals surface area contributed by atoms with Gasteiger partial charge in [0, 0.05) is 25.3 Å². The Morgan fingerprint density at radius 3 is 2.26 bits per heavy atom. The predicted octanol–water partition coefficient (Wildman–Crippen LogP) is 5.98. The molecule has 0 radical (unpaired) electrons. The van der Waals surface area contributed by atoms with Crippen LogP contribution in [0.25, 0.3) is 22.6 Å². The second kappa shape index (κ2) is 13.9. The van der Waals surface area contributed by atoms with Crippen molar-refractivity contribution in [2.45, 2.75) is 26.4 Å². The van der Waals surface area contributed by atoms with Gasteiger partial charge in [-0.25, -0.2) is 4.98 Å². The van der Waals surface area contributed by atoms with E-state index in [-0.39, 0.29) is 12.4 Å². The first-order chi connectivity index (χ1) is 16.3. The summed E-state index contributed by atoms with van der Waals surface area (Å²) in [6.45, 7) is 6.55. The molecule has 4 rings (SSSR count). The van der Waals surface area contributed by atoms with E-state index in [2.05, 4.69) is 53.6 Å². The molecule has 1 heterocycles. The zero-order valence-corrected chi connectivity index (χ0v) is 20.5. The number of aryl methyl sites for hydroxylation is 2. The van der Waals surface area contributed by atoms with E-state index in [9.17, 15) is 0 Å². The first-order valence-electron chi connectivity index (χ1n) is 11.6. The number of nitrogens with one attached hydrogen (secondary N) is 1. The molecule has 0 atom stereocenters. The summed E-state index contributed by atoms with van der Waals surface area (Å²) in [6.07, 6.45) is 2.12. The molecule has 5 nitrogen and oxygen atoms in total. The van der Waals surface area contributed by atoms with E-state index in [0.717, 1.165) is 61.4 Å². The van der Waals surface area contributed by atoms with Crippen molar-refractivity contribution in [1.82, 2.24) is 10.3 Å². The Morgan fingerprint density at radius 1 is 0.794 bits per heavy atom. The van der Waals surface area contributed by atoms with E-state index in [4.69, 9.17) is 13.9 Å². The maximum Gasteiger partial charge on any atom is 0.227 e. The lowest BCUT2D eigenvalue weighted by Gasteiger charge is -2.08. The van der Waals surface area contributed by atoms with Crippen LogP contribution in [0.4, 0.5) is 0 Å². The molecule has 1 aromatic heterocycles. The second-order valence-electron chi connectivity index (χ2n) is 8.19. The highest BCUT2D eigenvalue weighted by atomic mass is 35.5. The van der Waals surface area contributed by atoms with Gasteiger partial charge in [0.2, 0.25) is 5.89 Å². The number of para-hydroxylation sites is 2. The van der Waals surface area contributed by atoms with Gasteiger partial charge in [-0.05, 0) is 55.2 Å². The molecule has 0 saturated heterocycles. The Morgan fingerprint density at radius 2 is 1.50 bits per heavy atom. The summed E-state index contributed by atoms with van der Waals surface area (Å²) in [5, 5.41) is 3.36. The molecule has 0 amide bonds. The molecular weight excluding hydrogens is 448 g/mol. The summed E-state index contributed by atoms with van der Waals surface area (Å²) in [4.78, 5) is 4.54. The summed E-state index contributed by atoms with van der Waals surface area (Å²) in [6, 6.07) is 24.7. The third-order valence-corrected chi connectivity index (χ3v) is 5.48. The van der Waals surface area contributed by atoms with Gasteiger partial charge in [0.1, 0.15) is 5.52 Å². The second-order valence-corrected chi connectivity index (χ2v) is 8.19. The number of benzene rings is 3. The van der Waals surface area contributed by atoms with Gasteiger partial charge in [-0.3, -0.25) is 0 Å². The zero-order chi connectivity index (χ0) is 22.7. The van der Waals surface area contributed by atoms with Gasteiger partial charge < -0.3 is 19.2 Å². The summed E-state index contributed by atoms with van der Waals surface area (Å²) in [5.74, 6) is 0.644. The average molecular weight is 481 g/mol. The largest absolute Gasteiger partial charge is 0.436 e. The third kappa shape index (κ3) is 7.96. The van der Waals surface area contributed by atoms with Crippen molar-refractivity contribution in [2.75, 3.05) is 32.9 Å².